The van der Waals surface area contributed by atoms with Crippen LogP contribution < -0.4 is 11.1 Å². The second-order valence-electron chi connectivity index (χ2n) is 3.74. The van der Waals surface area contributed by atoms with Gasteiger partial charge in [-0.15, -0.1) is 0 Å². The Balaban J connectivity index is 1.93. The molecule has 3 N–H and O–H groups in total. The molecule has 1 aromatic rings. The summed E-state index contributed by atoms with van der Waals surface area (Å²) in [4.78, 5) is 8.68. The van der Waals surface area contributed by atoms with E-state index in [1.54, 1.807) is 12.3 Å². The van der Waals surface area contributed by atoms with Crippen LogP contribution in [0.15, 0.2) is 12.3 Å². The number of rotatable bonds is 4. The van der Waals surface area contributed by atoms with Gasteiger partial charge in [-0.2, -0.15) is 11.8 Å². The van der Waals surface area contributed by atoms with Crippen molar-refractivity contribution in [1.29, 1.82) is 0 Å². The second kappa shape index (κ2) is 5.45. The fraction of sp³-hybridized carbons (Fsp3) is 0.500. The van der Waals surface area contributed by atoms with Crippen LogP contribution in [0.2, 0.25) is 0 Å². The summed E-state index contributed by atoms with van der Waals surface area (Å²) in [5.74, 6) is 3.83. The fourth-order valence-electron chi connectivity index (χ4n) is 1.56. The average molecular weight is 254 g/mol. The van der Waals surface area contributed by atoms with Crippen LogP contribution in [0.25, 0.3) is 0 Å². The molecule has 1 fully saturated rings. The van der Waals surface area contributed by atoms with E-state index in [1.807, 2.05) is 11.8 Å². The molecule has 2 rings (SSSR count). The van der Waals surface area contributed by atoms with E-state index >= 15 is 0 Å². The van der Waals surface area contributed by atoms with Gasteiger partial charge in [0.15, 0.2) is 0 Å². The van der Waals surface area contributed by atoms with Crippen LogP contribution in [-0.4, -0.2) is 33.0 Å². The Morgan fingerprint density at radius 3 is 3.25 bits per heavy atom. The highest BCUT2D eigenvalue weighted by Gasteiger charge is 2.15. The Bertz CT molecular complexity index is 377. The molecule has 0 spiro atoms. The highest BCUT2D eigenvalue weighted by Crippen LogP contribution is 2.23. The molecular formula is C10H14N4S2. The van der Waals surface area contributed by atoms with Crippen LogP contribution in [0, 0.1) is 5.92 Å². The third kappa shape index (κ3) is 3.05. The van der Waals surface area contributed by atoms with E-state index in [1.165, 1.54) is 17.9 Å². The van der Waals surface area contributed by atoms with Crippen molar-refractivity contribution < 1.29 is 0 Å². The Hall–Kier alpha value is -0.880. The molecule has 0 aromatic carbocycles. The van der Waals surface area contributed by atoms with E-state index < -0.39 is 0 Å². The van der Waals surface area contributed by atoms with Gasteiger partial charge in [-0.05, 0) is 29.9 Å². The molecule has 1 aromatic heterocycles. The van der Waals surface area contributed by atoms with E-state index in [2.05, 4.69) is 15.3 Å². The minimum atomic E-state index is 0.307. The molecule has 2 heterocycles. The fourth-order valence-corrected chi connectivity index (χ4v) is 2.96. The van der Waals surface area contributed by atoms with Gasteiger partial charge in [-0.25, -0.2) is 9.97 Å². The number of aromatic nitrogens is 2. The van der Waals surface area contributed by atoms with Crippen molar-refractivity contribution in [2.75, 3.05) is 23.4 Å². The number of nitrogens with zero attached hydrogens (tertiary/aromatic N) is 2. The van der Waals surface area contributed by atoms with Gasteiger partial charge in [0.1, 0.15) is 10.7 Å². The van der Waals surface area contributed by atoms with Crippen molar-refractivity contribution >= 4 is 34.9 Å². The summed E-state index contributed by atoms with van der Waals surface area (Å²) >= 11 is 6.87. The van der Waals surface area contributed by atoms with Crippen LogP contribution in [0.4, 0.5) is 5.95 Å². The van der Waals surface area contributed by atoms with E-state index in [0.717, 1.165) is 12.5 Å². The Kier molecular flexibility index (Phi) is 3.95. The quantitative estimate of drug-likeness (QED) is 0.789. The van der Waals surface area contributed by atoms with Gasteiger partial charge in [-0.1, -0.05) is 12.2 Å². The molecule has 0 saturated carbocycles. The average Bonchev–Trinajstić information content (AvgIpc) is 2.79. The van der Waals surface area contributed by atoms with E-state index in [0.29, 0.717) is 16.6 Å². The standard InChI is InChI=1S/C10H14N4S2/c11-9(15)8-1-3-12-10(14-8)13-5-7-2-4-16-6-7/h1,3,7H,2,4-6H2,(H2,11,15)(H,12,13,14). The summed E-state index contributed by atoms with van der Waals surface area (Å²) in [7, 11) is 0. The molecule has 4 nitrogen and oxygen atoms in total. The predicted molar refractivity (Wildman–Crippen MR) is 71.8 cm³/mol. The summed E-state index contributed by atoms with van der Waals surface area (Å²) in [6, 6.07) is 1.72. The van der Waals surface area contributed by atoms with Gasteiger partial charge in [0.05, 0.1) is 0 Å². The molecule has 86 valence electrons. The maximum Gasteiger partial charge on any atom is 0.223 e. The minimum Gasteiger partial charge on any atom is -0.388 e. The molecule has 0 bridgehead atoms. The summed E-state index contributed by atoms with van der Waals surface area (Å²) in [6.45, 7) is 0.924. The topological polar surface area (TPSA) is 63.8 Å². The van der Waals surface area contributed by atoms with Gasteiger partial charge >= 0.3 is 0 Å². The van der Waals surface area contributed by atoms with Crippen molar-refractivity contribution in [3.63, 3.8) is 0 Å². The zero-order chi connectivity index (χ0) is 11.4. The first kappa shape index (κ1) is 11.6. The van der Waals surface area contributed by atoms with Crippen molar-refractivity contribution in [2.45, 2.75) is 6.42 Å². The lowest BCUT2D eigenvalue weighted by Gasteiger charge is -2.10. The zero-order valence-electron chi connectivity index (χ0n) is 8.85. The van der Waals surface area contributed by atoms with Gasteiger partial charge in [0.2, 0.25) is 5.95 Å². The molecule has 1 unspecified atom stereocenters. The molecule has 1 saturated heterocycles. The van der Waals surface area contributed by atoms with Crippen molar-refractivity contribution in [3.8, 4) is 0 Å². The van der Waals surface area contributed by atoms with E-state index in [4.69, 9.17) is 18.0 Å². The van der Waals surface area contributed by atoms with Crippen molar-refractivity contribution in [3.05, 3.63) is 18.0 Å². The molecule has 16 heavy (non-hydrogen) atoms. The third-order valence-electron chi connectivity index (χ3n) is 2.48. The smallest absolute Gasteiger partial charge is 0.223 e. The maximum absolute atomic E-state index is 5.51. The molecule has 0 amide bonds. The maximum atomic E-state index is 5.51. The lowest BCUT2D eigenvalue weighted by Crippen LogP contribution is -2.17. The van der Waals surface area contributed by atoms with Crippen molar-refractivity contribution in [2.24, 2.45) is 11.7 Å². The predicted octanol–water partition coefficient (Wildman–Crippen LogP) is 1.28. The summed E-state index contributed by atoms with van der Waals surface area (Å²) in [6.07, 6.45) is 2.94. The van der Waals surface area contributed by atoms with Crippen molar-refractivity contribution in [1.82, 2.24) is 9.97 Å². The molecule has 6 heteroatoms. The van der Waals surface area contributed by atoms with Crippen LogP contribution in [0.1, 0.15) is 12.1 Å². The number of anilines is 1. The Labute approximate surface area is 104 Å². The lowest BCUT2D eigenvalue weighted by atomic mass is 10.1. The molecule has 1 aliphatic rings. The Morgan fingerprint density at radius 2 is 2.56 bits per heavy atom. The number of nitrogens with two attached hydrogens (primary N) is 1. The number of hydrogen-bond donors (Lipinski definition) is 2. The zero-order valence-corrected chi connectivity index (χ0v) is 10.5. The van der Waals surface area contributed by atoms with Gasteiger partial charge < -0.3 is 11.1 Å². The normalized spacial score (nSPS) is 19.6. The highest BCUT2D eigenvalue weighted by atomic mass is 32.2. The monoisotopic (exact) mass is 254 g/mol. The van der Waals surface area contributed by atoms with Gasteiger partial charge in [-0.3, -0.25) is 0 Å². The first-order valence-electron chi connectivity index (χ1n) is 5.20. The molecule has 0 aliphatic carbocycles. The number of thiocarbonyl (C=S) groups is 1. The molecular weight excluding hydrogens is 240 g/mol. The van der Waals surface area contributed by atoms with Crippen LogP contribution >= 0.6 is 24.0 Å². The molecule has 1 atom stereocenters. The largest absolute Gasteiger partial charge is 0.388 e. The number of nitrogens with one attached hydrogen (secondary N) is 1. The Morgan fingerprint density at radius 1 is 1.69 bits per heavy atom. The number of hydrogen-bond acceptors (Lipinski definition) is 5. The first-order chi connectivity index (χ1) is 7.75. The summed E-state index contributed by atoms with van der Waals surface area (Å²) in [5.41, 5.74) is 6.13. The van der Waals surface area contributed by atoms with E-state index in [-0.39, 0.29) is 0 Å². The summed E-state index contributed by atoms with van der Waals surface area (Å²) < 4.78 is 0. The molecule has 1 aliphatic heterocycles. The molecule has 0 radical (unpaired) electrons. The highest BCUT2D eigenvalue weighted by molar-refractivity contribution is 7.99. The van der Waals surface area contributed by atoms with Crippen LogP contribution in [-0.2, 0) is 0 Å². The lowest BCUT2D eigenvalue weighted by molar-refractivity contribution is 0.629. The first-order valence-corrected chi connectivity index (χ1v) is 6.76. The summed E-state index contributed by atoms with van der Waals surface area (Å²) in [5, 5.41) is 3.23. The minimum absolute atomic E-state index is 0.307. The van der Waals surface area contributed by atoms with Crippen LogP contribution in [0.3, 0.4) is 0 Å². The van der Waals surface area contributed by atoms with E-state index in [9.17, 15) is 0 Å². The second-order valence-corrected chi connectivity index (χ2v) is 5.33. The van der Waals surface area contributed by atoms with Gasteiger partial charge in [0.25, 0.3) is 0 Å². The third-order valence-corrected chi connectivity index (χ3v) is 3.92. The van der Waals surface area contributed by atoms with Crippen LogP contribution in [0.5, 0.6) is 0 Å². The SMILES string of the molecule is NC(=S)c1ccnc(NCC2CCSC2)n1. The van der Waals surface area contributed by atoms with Gasteiger partial charge in [0, 0.05) is 12.7 Å². The number of thioether (sulfide) groups is 1.